The van der Waals surface area contributed by atoms with Gasteiger partial charge in [-0.1, -0.05) is 49.2 Å². The fourth-order valence-corrected chi connectivity index (χ4v) is 7.73. The molecule has 2 N–H and O–H groups in total. The lowest BCUT2D eigenvalue weighted by atomic mass is 9.96. The van der Waals surface area contributed by atoms with Crippen LogP contribution < -0.4 is 15.0 Å². The molecule has 4 atom stereocenters. The smallest absolute Gasteiger partial charge is 0.319 e. The molecule has 9 heteroatoms. The molecule has 4 aromatic rings. The average Bonchev–Trinajstić information content (AvgIpc) is 3.36. The van der Waals surface area contributed by atoms with Gasteiger partial charge < -0.3 is 25.0 Å². The maximum atomic E-state index is 16.8. The first-order chi connectivity index (χ1) is 21.4. The Kier molecular flexibility index (Phi) is 8.25. The van der Waals surface area contributed by atoms with E-state index in [-0.39, 0.29) is 27.9 Å². The second-order valence-electron chi connectivity index (χ2n) is 13.0. The third kappa shape index (κ3) is 5.68. The summed E-state index contributed by atoms with van der Waals surface area (Å²) in [5.41, 5.74) is 0.919. The molecule has 4 heterocycles. The molecule has 7 rings (SSSR count). The molecule has 2 bridgehead atoms. The number of phenolic OH excluding ortho intramolecular Hbond substituents is 1. The van der Waals surface area contributed by atoms with Crippen LogP contribution in [0.25, 0.3) is 32.8 Å². The van der Waals surface area contributed by atoms with E-state index in [4.69, 9.17) is 26.3 Å². The molecule has 7 nitrogen and oxygen atoms in total. The minimum absolute atomic E-state index is 0.0478. The van der Waals surface area contributed by atoms with E-state index in [1.807, 2.05) is 24.3 Å². The Labute approximate surface area is 263 Å². The highest BCUT2D eigenvalue weighted by molar-refractivity contribution is 6.35. The number of halogens is 2. The third-order valence-electron chi connectivity index (χ3n) is 9.93. The van der Waals surface area contributed by atoms with Crippen LogP contribution in [0.5, 0.6) is 11.8 Å². The number of fused-ring (bicyclic) bond motifs is 4. The quantitative estimate of drug-likeness (QED) is 0.217. The number of likely N-dealkylation sites (tertiary alicyclic amines) is 1. The molecular formula is C35H41ClFN5O2. The number of aromatic hydroxyl groups is 1. The lowest BCUT2D eigenvalue weighted by Gasteiger charge is -2.35. The number of hydrogen-bond donors (Lipinski definition) is 2. The van der Waals surface area contributed by atoms with E-state index in [9.17, 15) is 5.11 Å². The van der Waals surface area contributed by atoms with Crippen molar-refractivity contribution in [2.75, 3.05) is 37.7 Å². The Morgan fingerprint density at radius 2 is 1.86 bits per heavy atom. The van der Waals surface area contributed by atoms with Crippen molar-refractivity contribution in [2.24, 2.45) is 5.92 Å². The number of hydrogen-bond acceptors (Lipinski definition) is 7. The van der Waals surface area contributed by atoms with Crippen LogP contribution in [-0.2, 0) is 0 Å². The second kappa shape index (κ2) is 12.3. The first-order valence-corrected chi connectivity index (χ1v) is 16.6. The predicted octanol–water partition coefficient (Wildman–Crippen LogP) is 7.17. The van der Waals surface area contributed by atoms with E-state index in [0.29, 0.717) is 47.4 Å². The van der Waals surface area contributed by atoms with Gasteiger partial charge in [0.1, 0.15) is 17.1 Å². The summed E-state index contributed by atoms with van der Waals surface area (Å²) in [4.78, 5) is 14.4. The number of benzene rings is 3. The van der Waals surface area contributed by atoms with Crippen LogP contribution in [0.3, 0.4) is 0 Å². The Balaban J connectivity index is 1.30. The van der Waals surface area contributed by atoms with Crippen LogP contribution in [0.4, 0.5) is 10.2 Å². The Bertz CT molecular complexity index is 1670. The molecule has 1 aromatic heterocycles. The van der Waals surface area contributed by atoms with Gasteiger partial charge in [-0.25, -0.2) is 4.39 Å². The maximum absolute atomic E-state index is 16.8. The summed E-state index contributed by atoms with van der Waals surface area (Å²) in [5.74, 6) is 0.488. The van der Waals surface area contributed by atoms with Crippen molar-refractivity contribution < 1.29 is 14.2 Å². The molecule has 2 unspecified atom stereocenters. The molecule has 232 valence electrons. The summed E-state index contributed by atoms with van der Waals surface area (Å²) < 4.78 is 23.2. The standard InChI is InChI=1S/C35H41ClFN5O2/c1-3-22(17-41-13-7-6-8-21(41)2)20-44-35-39-33-29(34(40-35)42-18-24-11-12-25(19-42)38-24)16-30(36)31(32(33)37)28-15-26(43)14-23-9-4-5-10-27(23)28/h4-5,9-10,14-16,21-22,24-25,38,43H,3,6-8,11-13,17-20H2,1-2H3/t21-,22-,24?,25?/m1/s1. The first kappa shape index (κ1) is 29.5. The zero-order chi connectivity index (χ0) is 30.4. The van der Waals surface area contributed by atoms with Crippen LogP contribution in [0.15, 0.2) is 42.5 Å². The molecule has 0 radical (unpaired) electrons. The maximum Gasteiger partial charge on any atom is 0.319 e. The Morgan fingerprint density at radius 1 is 1.07 bits per heavy atom. The fraction of sp³-hybridized carbons (Fsp3) is 0.486. The van der Waals surface area contributed by atoms with Crippen LogP contribution in [0, 0.1) is 11.7 Å². The molecule has 3 fully saturated rings. The minimum Gasteiger partial charge on any atom is -0.508 e. The largest absolute Gasteiger partial charge is 0.508 e. The molecule has 3 saturated heterocycles. The van der Waals surface area contributed by atoms with Gasteiger partial charge in [0, 0.05) is 54.6 Å². The molecule has 0 amide bonds. The summed E-state index contributed by atoms with van der Waals surface area (Å²) in [6.45, 7) is 8.63. The Morgan fingerprint density at radius 3 is 2.64 bits per heavy atom. The molecule has 3 aromatic carbocycles. The number of nitrogens with zero attached hydrogens (tertiary/aromatic N) is 4. The van der Waals surface area contributed by atoms with Gasteiger partial charge in [-0.2, -0.15) is 9.97 Å². The van der Waals surface area contributed by atoms with E-state index >= 15 is 4.39 Å². The summed E-state index contributed by atoms with van der Waals surface area (Å²) >= 11 is 6.90. The van der Waals surface area contributed by atoms with Gasteiger partial charge in [-0.3, -0.25) is 0 Å². The van der Waals surface area contributed by atoms with Crippen molar-refractivity contribution in [3.8, 4) is 22.9 Å². The van der Waals surface area contributed by atoms with Crippen molar-refractivity contribution in [3.63, 3.8) is 0 Å². The molecular weight excluding hydrogens is 577 g/mol. The van der Waals surface area contributed by atoms with Gasteiger partial charge in [0.2, 0.25) is 0 Å². The summed E-state index contributed by atoms with van der Waals surface area (Å²) in [7, 11) is 0. The number of piperidine rings is 1. The van der Waals surface area contributed by atoms with Gasteiger partial charge in [0.25, 0.3) is 0 Å². The summed E-state index contributed by atoms with van der Waals surface area (Å²) in [6.07, 6.45) is 6.98. The van der Waals surface area contributed by atoms with Crippen molar-refractivity contribution >= 4 is 39.1 Å². The van der Waals surface area contributed by atoms with Gasteiger partial charge in [-0.15, -0.1) is 0 Å². The molecule has 44 heavy (non-hydrogen) atoms. The summed E-state index contributed by atoms with van der Waals surface area (Å²) in [5, 5.41) is 16.6. The zero-order valence-electron chi connectivity index (χ0n) is 25.5. The highest BCUT2D eigenvalue weighted by Gasteiger charge is 2.34. The predicted molar refractivity (Wildman–Crippen MR) is 175 cm³/mol. The lowest BCUT2D eigenvalue weighted by molar-refractivity contribution is 0.111. The van der Waals surface area contributed by atoms with Gasteiger partial charge in [0.15, 0.2) is 5.82 Å². The van der Waals surface area contributed by atoms with Crippen LogP contribution in [-0.4, -0.2) is 70.9 Å². The fourth-order valence-electron chi connectivity index (χ4n) is 7.44. The zero-order valence-corrected chi connectivity index (χ0v) is 26.3. The minimum atomic E-state index is -0.538. The lowest BCUT2D eigenvalue weighted by Crippen LogP contribution is -2.51. The van der Waals surface area contributed by atoms with Crippen molar-refractivity contribution in [3.05, 3.63) is 53.3 Å². The SMILES string of the molecule is CC[C@@H](COc1nc(N2CC3CCC(C2)N3)c2cc(Cl)c(-c3cc(O)cc4ccccc34)c(F)c2n1)CN1CCCC[C@H]1C. The van der Waals surface area contributed by atoms with E-state index in [0.717, 1.165) is 56.2 Å². The number of aromatic nitrogens is 2. The number of rotatable bonds is 8. The molecule has 0 aliphatic carbocycles. The monoisotopic (exact) mass is 617 g/mol. The summed E-state index contributed by atoms with van der Waals surface area (Å²) in [6, 6.07) is 14.1. The first-order valence-electron chi connectivity index (χ1n) is 16.2. The van der Waals surface area contributed by atoms with E-state index in [1.54, 1.807) is 18.2 Å². The molecule has 3 aliphatic heterocycles. The van der Waals surface area contributed by atoms with Crippen molar-refractivity contribution in [1.82, 2.24) is 20.2 Å². The average molecular weight is 618 g/mol. The molecule has 0 saturated carbocycles. The van der Waals surface area contributed by atoms with Crippen LogP contribution >= 0.6 is 11.6 Å². The normalized spacial score (nSPS) is 23.0. The Hall–Kier alpha value is -3.20. The van der Waals surface area contributed by atoms with E-state index in [2.05, 4.69) is 29.0 Å². The number of ether oxygens (including phenoxy) is 1. The van der Waals surface area contributed by atoms with E-state index in [1.165, 1.54) is 19.3 Å². The highest BCUT2D eigenvalue weighted by atomic mass is 35.5. The third-order valence-corrected chi connectivity index (χ3v) is 10.2. The second-order valence-corrected chi connectivity index (χ2v) is 13.4. The number of nitrogens with one attached hydrogen (secondary N) is 1. The topological polar surface area (TPSA) is 73.8 Å². The number of anilines is 1. The molecule has 3 aliphatic rings. The molecule has 0 spiro atoms. The van der Waals surface area contributed by atoms with Crippen molar-refractivity contribution in [1.29, 1.82) is 0 Å². The van der Waals surface area contributed by atoms with Crippen LogP contribution in [0.1, 0.15) is 52.4 Å². The number of piperazine rings is 1. The van der Waals surface area contributed by atoms with E-state index < -0.39 is 5.82 Å². The van der Waals surface area contributed by atoms with Gasteiger partial charge >= 0.3 is 6.01 Å². The van der Waals surface area contributed by atoms with Crippen LogP contribution in [0.2, 0.25) is 5.02 Å². The van der Waals surface area contributed by atoms with Gasteiger partial charge in [-0.05, 0) is 80.1 Å². The number of phenols is 1. The van der Waals surface area contributed by atoms with Gasteiger partial charge in [0.05, 0.1) is 11.6 Å². The van der Waals surface area contributed by atoms with Crippen molar-refractivity contribution in [2.45, 2.75) is 70.5 Å². The highest BCUT2D eigenvalue weighted by Crippen LogP contribution is 2.43.